The fourth-order valence-electron chi connectivity index (χ4n) is 7.28. The average Bonchev–Trinajstić information content (AvgIpc) is 3.18. The van der Waals surface area contributed by atoms with Gasteiger partial charge in [-0.3, -0.25) is 9.59 Å². The van der Waals surface area contributed by atoms with Gasteiger partial charge in [0.2, 0.25) is 5.91 Å². The van der Waals surface area contributed by atoms with Gasteiger partial charge in [-0.2, -0.15) is 0 Å². The Bertz CT molecular complexity index is 858. The van der Waals surface area contributed by atoms with Gasteiger partial charge in [0.15, 0.2) is 0 Å². The van der Waals surface area contributed by atoms with Gasteiger partial charge in [0, 0.05) is 12.8 Å². The van der Waals surface area contributed by atoms with Crippen molar-refractivity contribution in [2.24, 2.45) is 0 Å². The highest BCUT2D eigenvalue weighted by Gasteiger charge is 2.20. The summed E-state index contributed by atoms with van der Waals surface area (Å²) in [4.78, 5) is 24.4. The molecular weight excluding hydrogens is 683 g/mol. The number of carbonyl (C=O) groups is 2. The number of allylic oxidation sites excluding steroid dienone is 4. The second-order valence-corrected chi connectivity index (χ2v) is 16.5. The predicted molar refractivity (Wildman–Crippen MR) is 236 cm³/mol. The van der Waals surface area contributed by atoms with Crippen molar-refractivity contribution < 1.29 is 24.5 Å². The summed E-state index contributed by atoms with van der Waals surface area (Å²) < 4.78 is 5.43. The van der Waals surface area contributed by atoms with Crippen molar-refractivity contribution in [3.8, 4) is 0 Å². The van der Waals surface area contributed by atoms with Crippen molar-refractivity contribution in [1.29, 1.82) is 0 Å². The second-order valence-electron chi connectivity index (χ2n) is 16.5. The molecule has 0 aliphatic rings. The fraction of sp³-hybridized carbons (Fsp3) is 0.878. The molecule has 0 aromatic rings. The van der Waals surface area contributed by atoms with Crippen LogP contribution in [0.4, 0.5) is 0 Å². The smallest absolute Gasteiger partial charge is 0.305 e. The van der Waals surface area contributed by atoms with Crippen LogP contribution in [0, 0.1) is 0 Å². The monoisotopic (exact) mass is 776 g/mol. The summed E-state index contributed by atoms with van der Waals surface area (Å²) in [5.74, 6) is -0.0807. The van der Waals surface area contributed by atoms with Gasteiger partial charge < -0.3 is 20.3 Å². The van der Waals surface area contributed by atoms with Crippen molar-refractivity contribution in [1.82, 2.24) is 5.32 Å². The molecule has 324 valence electrons. The number of nitrogens with one attached hydrogen (secondary N) is 1. The molecule has 0 spiro atoms. The molecular formula is C49H93NO5. The number of esters is 1. The molecule has 0 radical (unpaired) electrons. The molecule has 2 unspecified atom stereocenters. The van der Waals surface area contributed by atoms with E-state index in [-0.39, 0.29) is 18.5 Å². The number of aliphatic hydroxyl groups is 2. The van der Waals surface area contributed by atoms with E-state index in [4.69, 9.17) is 4.74 Å². The van der Waals surface area contributed by atoms with E-state index in [0.29, 0.717) is 25.9 Å². The number of rotatable bonds is 44. The molecule has 0 rings (SSSR count). The highest BCUT2D eigenvalue weighted by Crippen LogP contribution is 2.15. The average molecular weight is 776 g/mol. The minimum absolute atomic E-state index is 0.0202. The van der Waals surface area contributed by atoms with Crippen LogP contribution in [0.1, 0.15) is 251 Å². The van der Waals surface area contributed by atoms with Gasteiger partial charge in [-0.15, -0.1) is 0 Å². The molecule has 3 N–H and O–H groups in total. The Morgan fingerprint density at radius 3 is 1.35 bits per heavy atom. The summed E-state index contributed by atoms with van der Waals surface area (Å²) in [7, 11) is 0. The van der Waals surface area contributed by atoms with Gasteiger partial charge >= 0.3 is 5.97 Å². The minimum Gasteiger partial charge on any atom is -0.466 e. The van der Waals surface area contributed by atoms with E-state index < -0.39 is 12.1 Å². The third kappa shape index (κ3) is 41.8. The molecule has 55 heavy (non-hydrogen) atoms. The highest BCUT2D eigenvalue weighted by atomic mass is 16.5. The summed E-state index contributed by atoms with van der Waals surface area (Å²) in [6, 6.07) is -0.555. The van der Waals surface area contributed by atoms with Crippen LogP contribution in [0.3, 0.4) is 0 Å². The maximum atomic E-state index is 12.4. The molecule has 0 aromatic heterocycles. The van der Waals surface area contributed by atoms with Crippen molar-refractivity contribution in [3.63, 3.8) is 0 Å². The van der Waals surface area contributed by atoms with Gasteiger partial charge in [0.25, 0.3) is 0 Å². The topological polar surface area (TPSA) is 95.9 Å². The van der Waals surface area contributed by atoms with Crippen LogP contribution >= 0.6 is 0 Å². The van der Waals surface area contributed by atoms with Crippen molar-refractivity contribution >= 4 is 11.9 Å². The molecule has 6 heteroatoms. The summed E-state index contributed by atoms with van der Waals surface area (Å²) >= 11 is 0. The first kappa shape index (κ1) is 53.3. The van der Waals surface area contributed by atoms with E-state index in [1.165, 1.54) is 141 Å². The molecule has 0 aromatic carbocycles. The van der Waals surface area contributed by atoms with E-state index >= 15 is 0 Å². The SMILES string of the molecule is CCCCCCCCCCCCCCCCC(=O)OCCCCC/C=C\C=C/CCCCCCCCC(=O)NC(CO)C(O)CCCCCCCCCCC. The van der Waals surface area contributed by atoms with Crippen molar-refractivity contribution in [3.05, 3.63) is 24.3 Å². The van der Waals surface area contributed by atoms with E-state index in [9.17, 15) is 19.8 Å². The van der Waals surface area contributed by atoms with Gasteiger partial charge in [0.1, 0.15) is 0 Å². The molecule has 0 saturated carbocycles. The highest BCUT2D eigenvalue weighted by molar-refractivity contribution is 5.76. The first-order valence-corrected chi connectivity index (χ1v) is 24.1. The molecule has 2 atom stereocenters. The Morgan fingerprint density at radius 1 is 0.509 bits per heavy atom. The zero-order chi connectivity index (χ0) is 40.1. The predicted octanol–water partition coefficient (Wildman–Crippen LogP) is 14.0. The van der Waals surface area contributed by atoms with Crippen molar-refractivity contribution in [2.45, 2.75) is 264 Å². The van der Waals surface area contributed by atoms with Gasteiger partial charge in [-0.25, -0.2) is 0 Å². The molecule has 0 fully saturated rings. The summed E-state index contributed by atoms with van der Waals surface area (Å²) in [5, 5.41) is 23.0. The van der Waals surface area contributed by atoms with Gasteiger partial charge in [-0.05, 0) is 57.8 Å². The minimum atomic E-state index is -0.675. The lowest BCUT2D eigenvalue weighted by Crippen LogP contribution is -2.45. The Hall–Kier alpha value is -1.66. The summed E-state index contributed by atoms with van der Waals surface area (Å²) in [6.07, 6.45) is 51.5. The first-order chi connectivity index (χ1) is 27.0. The van der Waals surface area contributed by atoms with Crippen LogP contribution in [0.5, 0.6) is 0 Å². The maximum Gasteiger partial charge on any atom is 0.305 e. The number of hydrogen-bond acceptors (Lipinski definition) is 5. The van der Waals surface area contributed by atoms with Crippen LogP contribution in [-0.4, -0.2) is 47.4 Å². The third-order valence-corrected chi connectivity index (χ3v) is 11.0. The third-order valence-electron chi connectivity index (χ3n) is 11.0. The number of hydrogen-bond donors (Lipinski definition) is 3. The molecule has 0 saturated heterocycles. The van der Waals surface area contributed by atoms with E-state index in [1.807, 2.05) is 0 Å². The zero-order valence-electron chi connectivity index (χ0n) is 36.7. The lowest BCUT2D eigenvalue weighted by molar-refractivity contribution is -0.143. The van der Waals surface area contributed by atoms with E-state index in [2.05, 4.69) is 43.5 Å². The standard InChI is InChI=1S/C49H93NO5/c1-3-5-7-9-11-13-14-15-20-23-27-31-35-39-43-49(54)55-44-40-36-32-28-24-21-18-16-17-19-22-26-30-34-38-42-48(53)50-46(45-51)47(52)41-37-33-29-25-12-10-8-6-4-2/h16,18,21,24,46-47,51-52H,3-15,17,19-20,22-23,25-45H2,1-2H3,(H,50,53)/b18-16-,24-21-. The van der Waals surface area contributed by atoms with Crippen molar-refractivity contribution in [2.75, 3.05) is 13.2 Å². The Balaban J connectivity index is 3.50. The van der Waals surface area contributed by atoms with Crippen LogP contribution in [0.15, 0.2) is 24.3 Å². The molecule has 6 nitrogen and oxygen atoms in total. The largest absolute Gasteiger partial charge is 0.466 e. The summed E-state index contributed by atoms with van der Waals surface area (Å²) in [5.41, 5.74) is 0. The number of carbonyl (C=O) groups excluding carboxylic acids is 2. The molecule has 0 aliphatic heterocycles. The molecule has 1 amide bonds. The normalized spacial score (nSPS) is 12.9. The number of unbranched alkanes of at least 4 members (excludes halogenated alkanes) is 30. The summed E-state index contributed by atoms with van der Waals surface area (Å²) in [6.45, 7) is 4.87. The Kier molecular flexibility index (Phi) is 43.7. The number of aliphatic hydroxyl groups excluding tert-OH is 2. The van der Waals surface area contributed by atoms with E-state index in [1.54, 1.807) is 0 Å². The Labute approximate surface area is 341 Å². The quantitative estimate of drug-likeness (QED) is 0.0325. The van der Waals surface area contributed by atoms with E-state index in [0.717, 1.165) is 77.0 Å². The lowest BCUT2D eigenvalue weighted by atomic mass is 10.0. The fourth-order valence-corrected chi connectivity index (χ4v) is 7.28. The lowest BCUT2D eigenvalue weighted by Gasteiger charge is -2.22. The maximum absolute atomic E-state index is 12.4. The van der Waals surface area contributed by atoms with Crippen LogP contribution in [0.25, 0.3) is 0 Å². The van der Waals surface area contributed by atoms with Gasteiger partial charge in [-0.1, -0.05) is 205 Å². The molecule has 0 heterocycles. The van der Waals surface area contributed by atoms with Crippen LogP contribution in [-0.2, 0) is 14.3 Å². The Morgan fingerprint density at radius 2 is 0.891 bits per heavy atom. The number of ether oxygens (including phenoxy) is 1. The molecule has 0 bridgehead atoms. The zero-order valence-corrected chi connectivity index (χ0v) is 36.7. The van der Waals surface area contributed by atoms with Gasteiger partial charge in [0.05, 0.1) is 25.4 Å². The van der Waals surface area contributed by atoms with Crippen LogP contribution in [0.2, 0.25) is 0 Å². The molecule has 0 aliphatic carbocycles. The number of amides is 1. The second kappa shape index (κ2) is 45.0. The first-order valence-electron chi connectivity index (χ1n) is 24.1. The van der Waals surface area contributed by atoms with Crippen LogP contribution < -0.4 is 5.32 Å².